The van der Waals surface area contributed by atoms with Gasteiger partial charge < -0.3 is 24.8 Å². The SMILES string of the molecule is COc1cc(C)c(C(C)NC(=O)N2CCC(C(=O)O)CC2)cc1OC. The number of aliphatic carboxylic acids is 1. The summed E-state index contributed by atoms with van der Waals surface area (Å²) in [7, 11) is 3.16. The number of benzene rings is 1. The van der Waals surface area contributed by atoms with E-state index in [1.165, 1.54) is 0 Å². The maximum Gasteiger partial charge on any atom is 0.317 e. The Bertz CT molecular complexity index is 639. The van der Waals surface area contributed by atoms with Crippen molar-refractivity contribution in [2.24, 2.45) is 5.92 Å². The summed E-state index contributed by atoms with van der Waals surface area (Å²) in [6, 6.07) is 3.38. The Balaban J connectivity index is 2.03. The Morgan fingerprint density at radius 3 is 2.28 bits per heavy atom. The zero-order valence-electron chi connectivity index (χ0n) is 15.2. The molecule has 0 saturated carbocycles. The van der Waals surface area contributed by atoms with Crippen LogP contribution in [-0.2, 0) is 4.79 Å². The van der Waals surface area contributed by atoms with Gasteiger partial charge in [-0.15, -0.1) is 0 Å². The highest BCUT2D eigenvalue weighted by atomic mass is 16.5. The molecule has 1 atom stereocenters. The topological polar surface area (TPSA) is 88.1 Å². The number of aryl methyl sites for hydroxylation is 1. The minimum atomic E-state index is -0.783. The zero-order valence-corrected chi connectivity index (χ0v) is 15.2. The van der Waals surface area contributed by atoms with Gasteiger partial charge in [-0.05, 0) is 49.9 Å². The van der Waals surface area contributed by atoms with Gasteiger partial charge in [0.25, 0.3) is 0 Å². The summed E-state index contributed by atoms with van der Waals surface area (Å²) < 4.78 is 10.6. The summed E-state index contributed by atoms with van der Waals surface area (Å²) in [4.78, 5) is 25.1. The first-order valence-corrected chi connectivity index (χ1v) is 8.38. The standard InChI is InChI=1S/C18H26N2O5/c1-11-9-15(24-3)16(25-4)10-14(11)12(2)19-18(23)20-7-5-13(6-8-20)17(21)22/h9-10,12-13H,5-8H2,1-4H3,(H,19,23)(H,21,22). The van der Waals surface area contributed by atoms with Crippen molar-refractivity contribution >= 4 is 12.0 Å². The van der Waals surface area contributed by atoms with Gasteiger partial charge in [-0.25, -0.2) is 4.79 Å². The third-order valence-electron chi connectivity index (χ3n) is 4.71. The molecule has 1 heterocycles. The first kappa shape index (κ1) is 18.9. The predicted octanol–water partition coefficient (Wildman–Crippen LogP) is 2.58. The summed E-state index contributed by atoms with van der Waals surface area (Å²) >= 11 is 0. The molecule has 7 heteroatoms. The van der Waals surface area contributed by atoms with Gasteiger partial charge in [-0.2, -0.15) is 0 Å². The highest BCUT2D eigenvalue weighted by molar-refractivity contribution is 5.76. The van der Waals surface area contributed by atoms with Gasteiger partial charge in [0, 0.05) is 13.1 Å². The van der Waals surface area contributed by atoms with E-state index in [2.05, 4.69) is 5.32 Å². The van der Waals surface area contributed by atoms with E-state index < -0.39 is 5.97 Å². The molecule has 25 heavy (non-hydrogen) atoms. The molecule has 1 aliphatic rings. The van der Waals surface area contributed by atoms with Crippen LogP contribution in [0.2, 0.25) is 0 Å². The van der Waals surface area contributed by atoms with Crippen LogP contribution in [0.25, 0.3) is 0 Å². The minimum Gasteiger partial charge on any atom is -0.493 e. The summed E-state index contributed by atoms with van der Waals surface area (Å²) in [5, 5.41) is 12.0. The third-order valence-corrected chi connectivity index (χ3v) is 4.71. The number of carboxylic acid groups (broad SMARTS) is 1. The summed E-state index contributed by atoms with van der Waals surface area (Å²) in [6.07, 6.45) is 0.985. The highest BCUT2D eigenvalue weighted by Gasteiger charge is 2.27. The first-order valence-electron chi connectivity index (χ1n) is 8.38. The van der Waals surface area contributed by atoms with Gasteiger partial charge in [0.05, 0.1) is 26.2 Å². The second kappa shape index (κ2) is 8.09. The number of carbonyl (C=O) groups is 2. The number of piperidine rings is 1. The Morgan fingerprint density at radius 2 is 1.76 bits per heavy atom. The number of amides is 2. The van der Waals surface area contributed by atoms with Crippen molar-refractivity contribution in [2.45, 2.75) is 32.7 Å². The number of hydrogen-bond acceptors (Lipinski definition) is 4. The van der Waals surface area contributed by atoms with Crippen LogP contribution in [0.4, 0.5) is 4.79 Å². The number of hydrogen-bond donors (Lipinski definition) is 2. The molecule has 0 aliphatic carbocycles. The molecule has 0 radical (unpaired) electrons. The molecule has 1 aromatic carbocycles. The third kappa shape index (κ3) is 4.35. The van der Waals surface area contributed by atoms with Crippen molar-refractivity contribution in [3.05, 3.63) is 23.3 Å². The molecular formula is C18H26N2O5. The predicted molar refractivity (Wildman–Crippen MR) is 93.2 cm³/mol. The molecule has 1 aliphatic heterocycles. The lowest BCUT2D eigenvalue weighted by Gasteiger charge is -2.31. The van der Waals surface area contributed by atoms with Crippen LogP contribution in [-0.4, -0.2) is 49.3 Å². The second-order valence-corrected chi connectivity index (χ2v) is 6.33. The summed E-state index contributed by atoms with van der Waals surface area (Å²) in [6.45, 7) is 4.79. The maximum absolute atomic E-state index is 12.5. The van der Waals surface area contributed by atoms with Crippen LogP contribution in [0, 0.1) is 12.8 Å². The number of nitrogens with zero attached hydrogens (tertiary/aromatic N) is 1. The van der Waals surface area contributed by atoms with E-state index in [9.17, 15) is 9.59 Å². The van der Waals surface area contributed by atoms with Gasteiger partial charge in [0.15, 0.2) is 11.5 Å². The number of carbonyl (C=O) groups excluding carboxylic acids is 1. The van der Waals surface area contributed by atoms with Crippen molar-refractivity contribution in [3.63, 3.8) is 0 Å². The van der Waals surface area contributed by atoms with Crippen molar-refractivity contribution in [1.82, 2.24) is 10.2 Å². The molecule has 1 unspecified atom stereocenters. The second-order valence-electron chi connectivity index (χ2n) is 6.33. The van der Waals surface area contributed by atoms with Crippen LogP contribution in [0.1, 0.15) is 36.9 Å². The quantitative estimate of drug-likeness (QED) is 0.852. The van der Waals surface area contributed by atoms with E-state index >= 15 is 0 Å². The van der Waals surface area contributed by atoms with Crippen LogP contribution in [0.15, 0.2) is 12.1 Å². The molecule has 7 nitrogen and oxygen atoms in total. The maximum atomic E-state index is 12.5. The number of methoxy groups -OCH3 is 2. The lowest BCUT2D eigenvalue weighted by Crippen LogP contribution is -2.46. The van der Waals surface area contributed by atoms with Crippen molar-refractivity contribution < 1.29 is 24.2 Å². The molecule has 1 saturated heterocycles. The van der Waals surface area contributed by atoms with Gasteiger partial charge in [0.2, 0.25) is 0 Å². The molecule has 0 bridgehead atoms. The molecule has 1 aromatic rings. The molecule has 0 spiro atoms. The highest BCUT2D eigenvalue weighted by Crippen LogP contribution is 2.33. The van der Waals surface area contributed by atoms with Gasteiger partial charge >= 0.3 is 12.0 Å². The average molecular weight is 350 g/mol. The Morgan fingerprint density at radius 1 is 1.20 bits per heavy atom. The van der Waals surface area contributed by atoms with Crippen LogP contribution >= 0.6 is 0 Å². The first-order chi connectivity index (χ1) is 11.9. The summed E-state index contributed by atoms with van der Waals surface area (Å²) in [5.41, 5.74) is 1.95. The van der Waals surface area contributed by atoms with E-state index in [1.807, 2.05) is 26.0 Å². The molecule has 1 fully saturated rings. The van der Waals surface area contributed by atoms with Crippen molar-refractivity contribution in [3.8, 4) is 11.5 Å². The van der Waals surface area contributed by atoms with E-state index in [0.29, 0.717) is 37.4 Å². The number of nitrogens with one attached hydrogen (secondary N) is 1. The fourth-order valence-corrected chi connectivity index (χ4v) is 3.15. The van der Waals surface area contributed by atoms with E-state index in [1.54, 1.807) is 19.1 Å². The lowest BCUT2D eigenvalue weighted by molar-refractivity contribution is -0.143. The number of carboxylic acids is 1. The van der Waals surface area contributed by atoms with E-state index in [0.717, 1.165) is 11.1 Å². The fourth-order valence-electron chi connectivity index (χ4n) is 3.15. The van der Waals surface area contributed by atoms with Crippen LogP contribution < -0.4 is 14.8 Å². The monoisotopic (exact) mass is 350 g/mol. The van der Waals surface area contributed by atoms with Crippen LogP contribution in [0.3, 0.4) is 0 Å². The normalized spacial score (nSPS) is 16.2. The molecule has 2 amide bonds. The van der Waals surface area contributed by atoms with E-state index in [-0.39, 0.29) is 18.0 Å². The van der Waals surface area contributed by atoms with Crippen molar-refractivity contribution in [2.75, 3.05) is 27.3 Å². The van der Waals surface area contributed by atoms with Gasteiger partial charge in [-0.3, -0.25) is 4.79 Å². The molecule has 2 N–H and O–H groups in total. The van der Waals surface area contributed by atoms with Crippen LogP contribution in [0.5, 0.6) is 11.5 Å². The Hall–Kier alpha value is -2.44. The molecule has 0 aromatic heterocycles. The molecular weight excluding hydrogens is 324 g/mol. The minimum absolute atomic E-state index is 0.175. The van der Waals surface area contributed by atoms with Gasteiger partial charge in [0.1, 0.15) is 0 Å². The van der Waals surface area contributed by atoms with Crippen molar-refractivity contribution in [1.29, 1.82) is 0 Å². The number of likely N-dealkylation sites (tertiary alicyclic amines) is 1. The van der Waals surface area contributed by atoms with Gasteiger partial charge in [-0.1, -0.05) is 0 Å². The molecule has 2 rings (SSSR count). The lowest BCUT2D eigenvalue weighted by atomic mass is 9.97. The number of ether oxygens (including phenoxy) is 2. The fraction of sp³-hybridized carbons (Fsp3) is 0.556. The van der Waals surface area contributed by atoms with E-state index in [4.69, 9.17) is 14.6 Å². The number of rotatable bonds is 5. The summed E-state index contributed by atoms with van der Waals surface area (Å²) in [5.74, 6) is 0.133. The average Bonchev–Trinajstić information content (AvgIpc) is 2.61. The zero-order chi connectivity index (χ0) is 18.6. The number of urea groups is 1. The Labute approximate surface area is 147 Å². The smallest absolute Gasteiger partial charge is 0.317 e. The molecule has 138 valence electrons. The largest absolute Gasteiger partial charge is 0.493 e. The Kier molecular flexibility index (Phi) is 6.12.